The van der Waals surface area contributed by atoms with Gasteiger partial charge in [-0.2, -0.15) is 0 Å². The molecule has 0 saturated carbocycles. The summed E-state index contributed by atoms with van der Waals surface area (Å²) in [5.41, 5.74) is 2.29. The SMILES string of the molecule is CN(C)c1ccc(CN(C[C@H]2CCCO2)C(=O)CSc2nnc3n2CCCCC3)cc1. The number of thioether (sulfide) groups is 1. The predicted octanol–water partition coefficient (Wildman–Crippen LogP) is 3.37. The number of hydrogen-bond donors (Lipinski definition) is 0. The molecule has 4 rings (SSSR count). The van der Waals surface area contributed by atoms with E-state index < -0.39 is 0 Å². The highest BCUT2D eigenvalue weighted by Gasteiger charge is 2.24. The Hall–Kier alpha value is -2.06. The zero-order valence-corrected chi connectivity index (χ0v) is 19.4. The van der Waals surface area contributed by atoms with E-state index in [1.54, 1.807) is 0 Å². The molecule has 0 spiro atoms. The molecule has 1 fully saturated rings. The maximum atomic E-state index is 13.2. The van der Waals surface area contributed by atoms with Gasteiger partial charge in [0.1, 0.15) is 5.82 Å². The summed E-state index contributed by atoms with van der Waals surface area (Å²) in [6.07, 6.45) is 6.77. The number of carbonyl (C=O) groups is 1. The lowest BCUT2D eigenvalue weighted by molar-refractivity contribution is -0.130. The average molecular weight is 444 g/mol. The first-order chi connectivity index (χ1) is 15.1. The predicted molar refractivity (Wildman–Crippen MR) is 123 cm³/mol. The third kappa shape index (κ3) is 5.80. The molecular formula is C23H33N5O2S. The van der Waals surface area contributed by atoms with Crippen LogP contribution in [-0.4, -0.2) is 64.7 Å². The fraction of sp³-hybridized carbons (Fsp3) is 0.609. The minimum absolute atomic E-state index is 0.128. The number of anilines is 1. The standard InChI is InChI=1S/C23H33N5O2S/c1-26(2)19-11-9-18(10-12-19)15-27(16-20-7-6-14-30-20)22(29)17-31-23-25-24-21-8-4-3-5-13-28(21)23/h9-12,20H,3-8,13-17H2,1-2H3/t20-/m1/s1. The van der Waals surface area contributed by atoms with Gasteiger partial charge in [0.25, 0.3) is 0 Å². The van der Waals surface area contributed by atoms with E-state index in [2.05, 4.69) is 43.9 Å². The molecule has 0 N–H and O–H groups in total. The van der Waals surface area contributed by atoms with Crippen molar-refractivity contribution in [1.29, 1.82) is 0 Å². The molecule has 1 amide bonds. The molecule has 31 heavy (non-hydrogen) atoms. The van der Waals surface area contributed by atoms with E-state index in [1.165, 1.54) is 24.6 Å². The van der Waals surface area contributed by atoms with E-state index in [4.69, 9.17) is 4.74 Å². The van der Waals surface area contributed by atoms with Gasteiger partial charge in [0.2, 0.25) is 5.91 Å². The molecule has 2 aliphatic heterocycles. The molecule has 1 saturated heterocycles. The van der Waals surface area contributed by atoms with Crippen LogP contribution in [0.25, 0.3) is 0 Å². The molecule has 1 atom stereocenters. The van der Waals surface area contributed by atoms with E-state index in [0.29, 0.717) is 18.8 Å². The van der Waals surface area contributed by atoms with Crippen molar-refractivity contribution in [3.05, 3.63) is 35.7 Å². The molecule has 1 aromatic heterocycles. The zero-order chi connectivity index (χ0) is 21.6. The Kier molecular flexibility index (Phi) is 7.50. The Labute approximate surface area is 189 Å². The normalized spacial score (nSPS) is 18.5. The van der Waals surface area contributed by atoms with E-state index in [1.807, 2.05) is 19.0 Å². The zero-order valence-electron chi connectivity index (χ0n) is 18.6. The Morgan fingerprint density at radius 2 is 2.00 bits per heavy atom. The van der Waals surface area contributed by atoms with Crippen molar-refractivity contribution in [3.63, 3.8) is 0 Å². The lowest BCUT2D eigenvalue weighted by Crippen LogP contribution is -2.38. The largest absolute Gasteiger partial charge is 0.378 e. The maximum absolute atomic E-state index is 13.2. The van der Waals surface area contributed by atoms with Crippen molar-refractivity contribution in [2.24, 2.45) is 0 Å². The highest BCUT2D eigenvalue weighted by Crippen LogP contribution is 2.23. The molecule has 0 radical (unpaired) electrons. The molecule has 168 valence electrons. The van der Waals surface area contributed by atoms with Gasteiger partial charge in [0, 0.05) is 52.4 Å². The van der Waals surface area contributed by atoms with Gasteiger partial charge < -0.3 is 19.1 Å². The number of rotatable bonds is 8. The highest BCUT2D eigenvalue weighted by molar-refractivity contribution is 7.99. The van der Waals surface area contributed by atoms with Crippen molar-refractivity contribution in [2.45, 2.75) is 62.9 Å². The summed E-state index contributed by atoms with van der Waals surface area (Å²) in [7, 11) is 4.06. The number of ether oxygens (including phenoxy) is 1. The summed E-state index contributed by atoms with van der Waals surface area (Å²) < 4.78 is 8.03. The first kappa shape index (κ1) is 22.1. The van der Waals surface area contributed by atoms with Gasteiger partial charge in [-0.15, -0.1) is 10.2 Å². The molecular weight excluding hydrogens is 410 g/mol. The van der Waals surface area contributed by atoms with Gasteiger partial charge in [-0.25, -0.2) is 0 Å². The second-order valence-corrected chi connectivity index (χ2v) is 9.56. The summed E-state index contributed by atoms with van der Waals surface area (Å²) >= 11 is 1.51. The number of aromatic nitrogens is 3. The lowest BCUT2D eigenvalue weighted by atomic mass is 10.1. The molecule has 3 heterocycles. The van der Waals surface area contributed by atoms with Gasteiger partial charge in [-0.05, 0) is 43.4 Å². The molecule has 0 unspecified atom stereocenters. The number of fused-ring (bicyclic) bond motifs is 1. The Morgan fingerprint density at radius 3 is 2.74 bits per heavy atom. The van der Waals surface area contributed by atoms with Crippen molar-refractivity contribution in [2.75, 3.05) is 37.9 Å². The van der Waals surface area contributed by atoms with Crippen LogP contribution in [0, 0.1) is 0 Å². The van der Waals surface area contributed by atoms with Gasteiger partial charge in [-0.1, -0.05) is 30.3 Å². The molecule has 1 aromatic carbocycles. The fourth-order valence-corrected chi connectivity index (χ4v) is 5.08. The third-order valence-electron chi connectivity index (χ3n) is 6.03. The number of hydrogen-bond acceptors (Lipinski definition) is 6. The number of aryl methyl sites for hydroxylation is 1. The Morgan fingerprint density at radius 1 is 1.16 bits per heavy atom. The molecule has 0 bridgehead atoms. The fourth-order valence-electron chi connectivity index (χ4n) is 4.19. The molecule has 2 aromatic rings. The molecule has 7 nitrogen and oxygen atoms in total. The Bertz CT molecular complexity index is 861. The second kappa shape index (κ2) is 10.5. The first-order valence-electron chi connectivity index (χ1n) is 11.3. The van der Waals surface area contributed by atoms with Crippen LogP contribution in [0.5, 0.6) is 0 Å². The van der Waals surface area contributed by atoms with Gasteiger partial charge in [-0.3, -0.25) is 4.79 Å². The van der Waals surface area contributed by atoms with Gasteiger partial charge in [0.05, 0.1) is 11.9 Å². The average Bonchev–Trinajstić information content (AvgIpc) is 3.36. The summed E-state index contributed by atoms with van der Waals surface area (Å²) in [5, 5.41) is 9.59. The van der Waals surface area contributed by atoms with Crippen LogP contribution in [0.15, 0.2) is 29.4 Å². The van der Waals surface area contributed by atoms with E-state index >= 15 is 0 Å². The monoisotopic (exact) mass is 443 g/mol. The van der Waals surface area contributed by atoms with E-state index in [9.17, 15) is 4.79 Å². The van der Waals surface area contributed by atoms with Crippen molar-refractivity contribution in [3.8, 4) is 0 Å². The van der Waals surface area contributed by atoms with Crippen LogP contribution >= 0.6 is 11.8 Å². The second-order valence-electron chi connectivity index (χ2n) is 8.62. The number of benzene rings is 1. The van der Waals surface area contributed by atoms with Gasteiger partial charge >= 0.3 is 0 Å². The molecule has 2 aliphatic rings. The summed E-state index contributed by atoms with van der Waals surface area (Å²) in [5.74, 6) is 1.56. The molecule has 8 heteroatoms. The smallest absolute Gasteiger partial charge is 0.233 e. The highest BCUT2D eigenvalue weighted by atomic mass is 32.2. The molecule has 0 aliphatic carbocycles. The van der Waals surface area contributed by atoms with Crippen LogP contribution in [0.4, 0.5) is 5.69 Å². The minimum atomic E-state index is 0.128. The van der Waals surface area contributed by atoms with Crippen molar-refractivity contribution >= 4 is 23.4 Å². The summed E-state index contributed by atoms with van der Waals surface area (Å²) in [6.45, 7) is 3.00. The van der Waals surface area contributed by atoms with E-state index in [0.717, 1.165) is 61.1 Å². The van der Waals surface area contributed by atoms with Crippen molar-refractivity contribution in [1.82, 2.24) is 19.7 Å². The minimum Gasteiger partial charge on any atom is -0.378 e. The summed E-state index contributed by atoms with van der Waals surface area (Å²) in [6, 6.07) is 8.42. The van der Waals surface area contributed by atoms with Crippen LogP contribution in [-0.2, 0) is 29.0 Å². The van der Waals surface area contributed by atoms with E-state index in [-0.39, 0.29) is 12.0 Å². The van der Waals surface area contributed by atoms with Crippen LogP contribution in [0.1, 0.15) is 43.5 Å². The lowest BCUT2D eigenvalue weighted by Gasteiger charge is -2.26. The van der Waals surface area contributed by atoms with Crippen LogP contribution in [0.2, 0.25) is 0 Å². The quantitative estimate of drug-likeness (QED) is 0.583. The Balaban J connectivity index is 1.41. The maximum Gasteiger partial charge on any atom is 0.233 e. The third-order valence-corrected chi connectivity index (χ3v) is 6.98. The number of amides is 1. The first-order valence-corrected chi connectivity index (χ1v) is 12.3. The number of carbonyl (C=O) groups excluding carboxylic acids is 1. The van der Waals surface area contributed by atoms with Crippen LogP contribution in [0.3, 0.4) is 0 Å². The number of nitrogens with zero attached hydrogens (tertiary/aromatic N) is 5. The summed E-state index contributed by atoms with van der Waals surface area (Å²) in [4.78, 5) is 17.3. The van der Waals surface area contributed by atoms with Crippen LogP contribution < -0.4 is 4.90 Å². The van der Waals surface area contributed by atoms with Gasteiger partial charge in [0.15, 0.2) is 5.16 Å². The van der Waals surface area contributed by atoms with Crippen molar-refractivity contribution < 1.29 is 9.53 Å². The topological polar surface area (TPSA) is 63.5 Å².